The van der Waals surface area contributed by atoms with Gasteiger partial charge < -0.3 is 10.4 Å². The third-order valence-electron chi connectivity index (χ3n) is 3.39. The van der Waals surface area contributed by atoms with Crippen LogP contribution in [0.3, 0.4) is 0 Å². The van der Waals surface area contributed by atoms with Gasteiger partial charge in [0.25, 0.3) is 0 Å². The maximum absolute atomic E-state index is 11.7. The summed E-state index contributed by atoms with van der Waals surface area (Å²) in [5.74, 6) is 0.0141. The second-order valence-electron chi connectivity index (χ2n) is 5.63. The number of aliphatic hydroxyl groups excluding tert-OH is 1. The van der Waals surface area contributed by atoms with Crippen LogP contribution in [0.25, 0.3) is 10.6 Å². The van der Waals surface area contributed by atoms with Gasteiger partial charge in [0.05, 0.1) is 28.1 Å². The Morgan fingerprint density at radius 2 is 2.18 bits per heavy atom. The molecule has 2 aromatic heterocycles. The number of thiazole rings is 1. The van der Waals surface area contributed by atoms with Crippen molar-refractivity contribution < 1.29 is 9.90 Å². The van der Waals surface area contributed by atoms with Crippen LogP contribution in [-0.4, -0.2) is 28.6 Å². The van der Waals surface area contributed by atoms with Gasteiger partial charge in [-0.3, -0.25) is 4.79 Å². The quantitative estimate of drug-likeness (QED) is 0.814. The smallest absolute Gasteiger partial charge is 0.222 e. The fourth-order valence-corrected chi connectivity index (χ4v) is 3.60. The van der Waals surface area contributed by atoms with Gasteiger partial charge in [0.15, 0.2) is 0 Å². The second-order valence-corrected chi connectivity index (χ2v) is 7.86. The largest absolute Gasteiger partial charge is 0.392 e. The number of rotatable bonds is 7. The molecule has 0 radical (unpaired) electrons. The van der Waals surface area contributed by atoms with Crippen LogP contribution < -0.4 is 5.32 Å². The summed E-state index contributed by atoms with van der Waals surface area (Å²) in [6, 6.07) is 4.17. The molecule has 6 heteroatoms. The minimum Gasteiger partial charge on any atom is -0.392 e. The Morgan fingerprint density at radius 1 is 1.41 bits per heavy atom. The molecular formula is C16H22N2O2S2. The lowest BCUT2D eigenvalue weighted by atomic mass is 10.0. The Balaban J connectivity index is 1.78. The summed E-state index contributed by atoms with van der Waals surface area (Å²) in [6.07, 6.45) is 0.407. The van der Waals surface area contributed by atoms with Crippen LogP contribution in [0.15, 0.2) is 17.5 Å². The summed E-state index contributed by atoms with van der Waals surface area (Å²) in [7, 11) is 0. The van der Waals surface area contributed by atoms with Gasteiger partial charge in [-0.25, -0.2) is 4.98 Å². The Hall–Kier alpha value is -1.24. The number of aryl methyl sites for hydroxylation is 1. The minimum absolute atomic E-state index is 0.0897. The Labute approximate surface area is 139 Å². The highest BCUT2D eigenvalue weighted by Gasteiger charge is 2.14. The summed E-state index contributed by atoms with van der Waals surface area (Å²) < 4.78 is 0. The van der Waals surface area contributed by atoms with Crippen molar-refractivity contribution >= 4 is 28.6 Å². The van der Waals surface area contributed by atoms with Crippen molar-refractivity contribution in [3.05, 3.63) is 27.4 Å². The van der Waals surface area contributed by atoms with Crippen LogP contribution >= 0.6 is 22.7 Å². The first-order valence-electron chi connectivity index (χ1n) is 7.41. The number of nitrogens with zero attached hydrogens (tertiary/aromatic N) is 1. The summed E-state index contributed by atoms with van der Waals surface area (Å²) >= 11 is 3.37. The molecule has 0 aliphatic heterocycles. The SMILES string of the molecule is Cc1nc(-c2ccc(CCNC(=O)CC(O)C(C)C)s2)cs1. The Kier molecular flexibility index (Phi) is 6.11. The number of hydrogen-bond acceptors (Lipinski definition) is 5. The van der Waals surface area contributed by atoms with Crippen molar-refractivity contribution in [2.24, 2.45) is 5.92 Å². The molecule has 2 aromatic rings. The van der Waals surface area contributed by atoms with E-state index in [2.05, 4.69) is 27.8 Å². The number of amides is 1. The minimum atomic E-state index is -0.568. The molecular weight excluding hydrogens is 316 g/mol. The van der Waals surface area contributed by atoms with Gasteiger partial charge in [-0.15, -0.1) is 22.7 Å². The molecule has 1 amide bonds. The fourth-order valence-electron chi connectivity index (χ4n) is 1.95. The van der Waals surface area contributed by atoms with Crippen LogP contribution in [0.4, 0.5) is 0 Å². The molecule has 4 nitrogen and oxygen atoms in total. The molecule has 0 saturated carbocycles. The molecule has 120 valence electrons. The number of carbonyl (C=O) groups excluding carboxylic acids is 1. The van der Waals surface area contributed by atoms with E-state index in [9.17, 15) is 9.90 Å². The van der Waals surface area contributed by atoms with E-state index in [-0.39, 0.29) is 18.2 Å². The van der Waals surface area contributed by atoms with Crippen molar-refractivity contribution in [2.45, 2.75) is 39.7 Å². The Bertz CT molecular complexity index is 619. The van der Waals surface area contributed by atoms with Crippen molar-refractivity contribution in [2.75, 3.05) is 6.54 Å². The number of carbonyl (C=O) groups is 1. The lowest BCUT2D eigenvalue weighted by Gasteiger charge is -2.13. The second kappa shape index (κ2) is 7.85. The van der Waals surface area contributed by atoms with E-state index in [0.717, 1.165) is 17.1 Å². The number of aromatic nitrogens is 1. The lowest BCUT2D eigenvalue weighted by Crippen LogP contribution is -2.30. The van der Waals surface area contributed by atoms with E-state index < -0.39 is 6.10 Å². The van der Waals surface area contributed by atoms with E-state index in [1.165, 1.54) is 9.75 Å². The van der Waals surface area contributed by atoms with Crippen LogP contribution in [0.1, 0.15) is 30.2 Å². The zero-order valence-corrected chi connectivity index (χ0v) is 14.8. The van der Waals surface area contributed by atoms with E-state index >= 15 is 0 Å². The summed E-state index contributed by atoms with van der Waals surface area (Å²) in [6.45, 7) is 6.42. The zero-order valence-electron chi connectivity index (χ0n) is 13.1. The van der Waals surface area contributed by atoms with Gasteiger partial charge in [0.1, 0.15) is 0 Å². The molecule has 1 atom stereocenters. The van der Waals surface area contributed by atoms with E-state index in [1.54, 1.807) is 22.7 Å². The van der Waals surface area contributed by atoms with Crippen LogP contribution in [0, 0.1) is 12.8 Å². The highest BCUT2D eigenvalue weighted by molar-refractivity contribution is 7.16. The molecule has 2 N–H and O–H groups in total. The monoisotopic (exact) mass is 338 g/mol. The standard InChI is InChI=1S/C16H22N2O2S2/c1-10(2)14(19)8-16(20)17-7-6-12-4-5-15(22-12)13-9-21-11(3)18-13/h4-5,9-10,14,19H,6-8H2,1-3H3,(H,17,20). The average molecular weight is 338 g/mol. The van der Waals surface area contributed by atoms with Gasteiger partial charge in [0, 0.05) is 16.8 Å². The van der Waals surface area contributed by atoms with Gasteiger partial charge >= 0.3 is 0 Å². The van der Waals surface area contributed by atoms with E-state index in [4.69, 9.17) is 0 Å². The highest BCUT2D eigenvalue weighted by Crippen LogP contribution is 2.29. The van der Waals surface area contributed by atoms with Crippen molar-refractivity contribution in [3.63, 3.8) is 0 Å². The maximum Gasteiger partial charge on any atom is 0.222 e. The van der Waals surface area contributed by atoms with Crippen LogP contribution in [0.5, 0.6) is 0 Å². The average Bonchev–Trinajstić information content (AvgIpc) is 3.07. The van der Waals surface area contributed by atoms with E-state index in [1.807, 2.05) is 20.8 Å². The van der Waals surface area contributed by atoms with E-state index in [0.29, 0.717) is 6.54 Å². The van der Waals surface area contributed by atoms with Crippen molar-refractivity contribution in [3.8, 4) is 10.6 Å². The summed E-state index contributed by atoms with van der Waals surface area (Å²) in [5.41, 5.74) is 1.03. The fraction of sp³-hybridized carbons (Fsp3) is 0.500. The molecule has 0 spiro atoms. The van der Waals surface area contributed by atoms with Gasteiger partial charge in [-0.05, 0) is 31.4 Å². The lowest BCUT2D eigenvalue weighted by molar-refractivity contribution is -0.123. The molecule has 0 aliphatic rings. The van der Waals surface area contributed by atoms with Crippen molar-refractivity contribution in [1.29, 1.82) is 0 Å². The third kappa shape index (κ3) is 4.90. The molecule has 0 bridgehead atoms. The van der Waals surface area contributed by atoms with Gasteiger partial charge in [-0.1, -0.05) is 13.8 Å². The molecule has 1 unspecified atom stereocenters. The molecule has 0 aromatic carbocycles. The topological polar surface area (TPSA) is 62.2 Å². The summed E-state index contributed by atoms with van der Waals surface area (Å²) in [5, 5.41) is 15.7. The van der Waals surface area contributed by atoms with Crippen molar-refractivity contribution in [1.82, 2.24) is 10.3 Å². The normalized spacial score (nSPS) is 12.6. The first kappa shape index (κ1) is 17.1. The zero-order chi connectivity index (χ0) is 16.1. The maximum atomic E-state index is 11.7. The number of nitrogens with one attached hydrogen (secondary N) is 1. The first-order chi connectivity index (χ1) is 10.5. The Morgan fingerprint density at radius 3 is 2.82 bits per heavy atom. The summed E-state index contributed by atoms with van der Waals surface area (Å²) in [4.78, 5) is 18.6. The molecule has 0 aliphatic carbocycles. The first-order valence-corrected chi connectivity index (χ1v) is 9.11. The highest BCUT2D eigenvalue weighted by atomic mass is 32.1. The molecule has 22 heavy (non-hydrogen) atoms. The predicted octanol–water partition coefficient (Wildman–Crippen LogP) is 3.25. The molecule has 2 heterocycles. The molecule has 0 saturated heterocycles. The number of thiophene rings is 1. The van der Waals surface area contributed by atoms with Crippen LogP contribution in [-0.2, 0) is 11.2 Å². The number of aliphatic hydroxyl groups is 1. The molecule has 0 fully saturated rings. The third-order valence-corrected chi connectivity index (χ3v) is 5.33. The van der Waals surface area contributed by atoms with Gasteiger partial charge in [-0.2, -0.15) is 0 Å². The molecule has 2 rings (SSSR count). The van der Waals surface area contributed by atoms with Crippen LogP contribution in [0.2, 0.25) is 0 Å². The predicted molar refractivity (Wildman–Crippen MR) is 92.3 cm³/mol. The van der Waals surface area contributed by atoms with Gasteiger partial charge in [0.2, 0.25) is 5.91 Å². The number of hydrogen-bond donors (Lipinski definition) is 2.